The Bertz CT molecular complexity index is 1340. The summed E-state index contributed by atoms with van der Waals surface area (Å²) in [6.07, 6.45) is -4.11. The van der Waals surface area contributed by atoms with Crippen LogP contribution in [0.3, 0.4) is 0 Å². The SMILES string of the molecule is CCc1cc(C(=O)NCc2ccc(C[SH](=O)=O)cc2)c(=O)n(-c2cccc(C(F)(F)F)c2)c1C. The van der Waals surface area contributed by atoms with Crippen molar-refractivity contribution in [1.29, 1.82) is 0 Å². The van der Waals surface area contributed by atoms with E-state index in [1.165, 1.54) is 18.2 Å². The van der Waals surface area contributed by atoms with Crippen molar-refractivity contribution in [1.82, 2.24) is 9.88 Å². The Hall–Kier alpha value is -3.40. The van der Waals surface area contributed by atoms with Crippen molar-refractivity contribution in [3.8, 4) is 5.69 Å². The van der Waals surface area contributed by atoms with Crippen LogP contribution in [0.15, 0.2) is 59.4 Å². The van der Waals surface area contributed by atoms with Crippen LogP contribution in [0.4, 0.5) is 13.2 Å². The van der Waals surface area contributed by atoms with Crippen LogP contribution in [-0.4, -0.2) is 18.9 Å². The van der Waals surface area contributed by atoms with E-state index < -0.39 is 33.9 Å². The van der Waals surface area contributed by atoms with E-state index >= 15 is 0 Å². The number of thiol groups is 1. The van der Waals surface area contributed by atoms with Gasteiger partial charge >= 0.3 is 6.18 Å². The van der Waals surface area contributed by atoms with Crippen LogP contribution in [0.2, 0.25) is 0 Å². The Morgan fingerprint density at radius 1 is 1.03 bits per heavy atom. The van der Waals surface area contributed by atoms with E-state index in [-0.39, 0.29) is 23.5 Å². The summed E-state index contributed by atoms with van der Waals surface area (Å²) in [6, 6.07) is 12.5. The number of pyridine rings is 1. The molecule has 0 radical (unpaired) electrons. The number of aromatic nitrogens is 1. The fourth-order valence-electron chi connectivity index (χ4n) is 3.60. The van der Waals surface area contributed by atoms with Crippen LogP contribution in [0.5, 0.6) is 0 Å². The maximum absolute atomic E-state index is 13.2. The summed E-state index contributed by atoms with van der Waals surface area (Å²) in [5.74, 6) is -0.743. The molecule has 180 valence electrons. The molecule has 0 saturated carbocycles. The Morgan fingerprint density at radius 3 is 2.26 bits per heavy atom. The molecule has 0 atom stereocenters. The van der Waals surface area contributed by atoms with Gasteiger partial charge in [0, 0.05) is 17.9 Å². The molecule has 10 heteroatoms. The molecule has 34 heavy (non-hydrogen) atoms. The van der Waals surface area contributed by atoms with Gasteiger partial charge in [-0.15, -0.1) is 0 Å². The van der Waals surface area contributed by atoms with Gasteiger partial charge in [0.2, 0.25) is 0 Å². The fourth-order valence-corrected chi connectivity index (χ4v) is 4.11. The van der Waals surface area contributed by atoms with Crippen molar-refractivity contribution in [2.45, 2.75) is 38.7 Å². The highest BCUT2D eigenvalue weighted by molar-refractivity contribution is 7.71. The highest BCUT2D eigenvalue weighted by atomic mass is 32.2. The number of halogens is 3. The van der Waals surface area contributed by atoms with Crippen LogP contribution < -0.4 is 10.9 Å². The first kappa shape index (κ1) is 25.2. The maximum Gasteiger partial charge on any atom is 0.416 e. The van der Waals surface area contributed by atoms with Gasteiger partial charge in [-0.05, 0) is 54.3 Å². The van der Waals surface area contributed by atoms with E-state index in [4.69, 9.17) is 0 Å². The van der Waals surface area contributed by atoms with Crippen LogP contribution >= 0.6 is 0 Å². The standard InChI is InChI=1S/C24H23F3N2O4S/c1-3-18-11-21(22(30)28-13-16-7-9-17(10-8-16)14-34(32)33)23(31)29(15(18)2)20-6-4-5-19(12-20)24(25,26)27/h4-12,34H,3,13-14H2,1-2H3,(H,28,30). The summed E-state index contributed by atoms with van der Waals surface area (Å²) >= 11 is 0. The molecule has 0 aliphatic heterocycles. The molecule has 0 saturated heterocycles. The lowest BCUT2D eigenvalue weighted by Gasteiger charge is -2.17. The van der Waals surface area contributed by atoms with E-state index in [0.717, 1.165) is 16.7 Å². The monoisotopic (exact) mass is 492 g/mol. The number of nitrogens with zero attached hydrogens (tertiary/aromatic N) is 1. The van der Waals surface area contributed by atoms with Crippen LogP contribution in [-0.2, 0) is 35.6 Å². The number of aryl methyl sites for hydroxylation is 1. The van der Waals surface area contributed by atoms with Crippen molar-refractivity contribution in [3.63, 3.8) is 0 Å². The molecule has 1 N–H and O–H groups in total. The maximum atomic E-state index is 13.2. The topological polar surface area (TPSA) is 85.2 Å². The summed E-state index contributed by atoms with van der Waals surface area (Å²) in [7, 11) is -2.55. The first-order valence-corrected chi connectivity index (χ1v) is 11.8. The molecule has 2 aromatic carbocycles. The second-order valence-electron chi connectivity index (χ2n) is 7.70. The van der Waals surface area contributed by atoms with E-state index in [1.54, 1.807) is 31.2 Å². The summed E-state index contributed by atoms with van der Waals surface area (Å²) in [4.78, 5) is 26.0. The highest BCUT2D eigenvalue weighted by Gasteiger charge is 2.31. The van der Waals surface area contributed by atoms with Gasteiger partial charge in [0.15, 0.2) is 0 Å². The summed E-state index contributed by atoms with van der Waals surface area (Å²) < 4.78 is 62.4. The number of nitrogens with one attached hydrogen (secondary N) is 1. The van der Waals surface area contributed by atoms with E-state index in [2.05, 4.69) is 5.32 Å². The quantitative estimate of drug-likeness (QED) is 0.492. The predicted octanol–water partition coefficient (Wildman–Crippen LogP) is 3.77. The molecule has 1 heterocycles. The fraction of sp³-hybridized carbons (Fsp3) is 0.250. The third-order valence-electron chi connectivity index (χ3n) is 5.40. The molecule has 0 bridgehead atoms. The predicted molar refractivity (Wildman–Crippen MR) is 123 cm³/mol. The van der Waals surface area contributed by atoms with Crippen LogP contribution in [0, 0.1) is 6.92 Å². The molecule has 0 fully saturated rings. The lowest BCUT2D eigenvalue weighted by Crippen LogP contribution is -2.34. The Balaban J connectivity index is 1.93. The molecule has 3 rings (SSSR count). The average Bonchev–Trinajstić information content (AvgIpc) is 2.78. The van der Waals surface area contributed by atoms with Gasteiger partial charge in [-0.3, -0.25) is 14.2 Å². The van der Waals surface area contributed by atoms with Crippen LogP contribution in [0.1, 0.15) is 45.2 Å². The number of hydrogen-bond acceptors (Lipinski definition) is 4. The molecule has 1 amide bonds. The van der Waals surface area contributed by atoms with Crippen molar-refractivity contribution < 1.29 is 26.4 Å². The van der Waals surface area contributed by atoms with E-state index in [0.29, 0.717) is 28.8 Å². The minimum atomic E-state index is -4.57. The van der Waals surface area contributed by atoms with Crippen molar-refractivity contribution in [3.05, 3.63) is 98.5 Å². The number of alkyl halides is 3. The number of hydrogen-bond donors (Lipinski definition) is 2. The zero-order chi connectivity index (χ0) is 25.0. The Morgan fingerprint density at radius 2 is 1.68 bits per heavy atom. The van der Waals surface area contributed by atoms with Gasteiger partial charge in [0.1, 0.15) is 16.3 Å². The number of rotatable bonds is 7. The van der Waals surface area contributed by atoms with Crippen LogP contribution in [0.25, 0.3) is 5.69 Å². The second kappa shape index (κ2) is 10.3. The largest absolute Gasteiger partial charge is 0.416 e. The number of amides is 1. The second-order valence-corrected chi connectivity index (χ2v) is 8.68. The summed E-state index contributed by atoms with van der Waals surface area (Å²) in [5, 5.41) is 2.65. The molecular weight excluding hydrogens is 469 g/mol. The van der Waals surface area contributed by atoms with E-state index in [9.17, 15) is 31.2 Å². The molecule has 3 aromatic rings. The van der Waals surface area contributed by atoms with Gasteiger partial charge < -0.3 is 5.32 Å². The lowest BCUT2D eigenvalue weighted by molar-refractivity contribution is -0.137. The summed E-state index contributed by atoms with van der Waals surface area (Å²) in [6.45, 7) is 3.53. The highest BCUT2D eigenvalue weighted by Crippen LogP contribution is 2.30. The molecular formula is C24H23F3N2O4S. The normalized spacial score (nSPS) is 11.6. The van der Waals surface area contributed by atoms with E-state index in [1.807, 2.05) is 6.92 Å². The summed E-state index contributed by atoms with van der Waals surface area (Å²) in [5.41, 5.74) is 0.638. The zero-order valence-electron chi connectivity index (χ0n) is 18.5. The molecule has 0 spiro atoms. The van der Waals surface area contributed by atoms with Gasteiger partial charge in [-0.2, -0.15) is 13.2 Å². The van der Waals surface area contributed by atoms with Gasteiger partial charge in [-0.25, -0.2) is 8.42 Å². The Kier molecular flexibility index (Phi) is 7.61. The molecule has 0 aliphatic carbocycles. The lowest BCUT2D eigenvalue weighted by atomic mass is 10.1. The molecule has 0 aliphatic rings. The smallest absolute Gasteiger partial charge is 0.348 e. The molecule has 6 nitrogen and oxygen atoms in total. The van der Waals surface area contributed by atoms with Crippen molar-refractivity contribution >= 4 is 16.6 Å². The Labute approximate surface area is 196 Å². The average molecular weight is 493 g/mol. The number of benzene rings is 2. The molecule has 1 aromatic heterocycles. The van der Waals surface area contributed by atoms with Gasteiger partial charge in [-0.1, -0.05) is 37.3 Å². The van der Waals surface area contributed by atoms with Gasteiger partial charge in [0.05, 0.1) is 11.3 Å². The first-order chi connectivity index (χ1) is 16.0. The number of carbonyl (C=O) groups is 1. The minimum absolute atomic E-state index is 0.0222. The first-order valence-electron chi connectivity index (χ1n) is 10.4. The molecule has 0 unspecified atom stereocenters. The zero-order valence-corrected chi connectivity index (χ0v) is 19.4. The minimum Gasteiger partial charge on any atom is -0.348 e. The van der Waals surface area contributed by atoms with Crippen molar-refractivity contribution in [2.75, 3.05) is 0 Å². The van der Waals surface area contributed by atoms with Crippen molar-refractivity contribution in [2.24, 2.45) is 0 Å². The van der Waals surface area contributed by atoms with Gasteiger partial charge in [0.25, 0.3) is 11.5 Å². The third kappa shape index (κ3) is 5.74. The third-order valence-corrected chi connectivity index (χ3v) is 6.02. The number of carbonyl (C=O) groups excluding carboxylic acids is 1.